The average molecular weight is 260 g/mol. The molecule has 0 aliphatic carbocycles. The Morgan fingerprint density at radius 1 is 1.47 bits per heavy atom. The quantitative estimate of drug-likeness (QED) is 0.809. The van der Waals surface area contributed by atoms with E-state index in [1.54, 1.807) is 6.92 Å². The Balaban J connectivity index is 2.78. The molecule has 0 aliphatic rings. The van der Waals surface area contributed by atoms with Gasteiger partial charge in [-0.2, -0.15) is 0 Å². The van der Waals surface area contributed by atoms with Gasteiger partial charge in [-0.1, -0.05) is 13.8 Å². The van der Waals surface area contributed by atoms with Crippen LogP contribution in [-0.2, 0) is 16.6 Å². The van der Waals surface area contributed by atoms with Crippen molar-refractivity contribution in [3.8, 4) is 0 Å². The molecule has 0 saturated carbocycles. The first-order chi connectivity index (χ1) is 7.86. The highest BCUT2D eigenvalue weighted by Gasteiger charge is 2.20. The summed E-state index contributed by atoms with van der Waals surface area (Å²) in [6.07, 6.45) is 0.805. The van der Waals surface area contributed by atoms with E-state index in [9.17, 15) is 8.42 Å². The first-order valence-corrected chi connectivity index (χ1v) is 7.14. The summed E-state index contributed by atoms with van der Waals surface area (Å²) in [5.74, 6) is 1.32. The van der Waals surface area contributed by atoms with Crippen molar-refractivity contribution >= 4 is 10.0 Å². The number of rotatable bonds is 6. The van der Waals surface area contributed by atoms with Crippen LogP contribution in [0.3, 0.4) is 0 Å². The maximum atomic E-state index is 12.0. The lowest BCUT2D eigenvalue weighted by molar-refractivity contribution is 0.478. The minimum Gasteiger partial charge on any atom is -0.464 e. The third kappa shape index (κ3) is 3.83. The number of hydrogen-bond donors (Lipinski definition) is 2. The number of hydrogen-bond acceptors (Lipinski definition) is 4. The molecular formula is C11H20N2O3S. The topological polar surface area (TPSA) is 85.3 Å². The van der Waals surface area contributed by atoms with Crippen LogP contribution in [0, 0.1) is 12.8 Å². The van der Waals surface area contributed by atoms with Gasteiger partial charge in [0.15, 0.2) is 0 Å². The third-order valence-electron chi connectivity index (χ3n) is 2.43. The second-order valence-corrected chi connectivity index (χ2v) is 6.15. The molecule has 1 rings (SSSR count). The summed E-state index contributed by atoms with van der Waals surface area (Å²) in [5.41, 5.74) is 5.41. The van der Waals surface area contributed by atoms with Crippen LogP contribution in [0.5, 0.6) is 0 Å². The predicted octanol–water partition coefficient (Wildman–Crippen LogP) is 1.37. The van der Waals surface area contributed by atoms with E-state index in [4.69, 9.17) is 10.2 Å². The van der Waals surface area contributed by atoms with E-state index in [0.717, 1.165) is 6.42 Å². The molecule has 0 spiro atoms. The van der Waals surface area contributed by atoms with Gasteiger partial charge in [-0.05, 0) is 19.3 Å². The van der Waals surface area contributed by atoms with Crippen LogP contribution in [0.25, 0.3) is 0 Å². The van der Waals surface area contributed by atoms with E-state index in [0.29, 0.717) is 24.0 Å². The molecule has 0 amide bonds. The van der Waals surface area contributed by atoms with Crippen molar-refractivity contribution in [2.75, 3.05) is 6.54 Å². The molecule has 0 radical (unpaired) electrons. The molecule has 1 aromatic heterocycles. The summed E-state index contributed by atoms with van der Waals surface area (Å²) < 4.78 is 31.7. The van der Waals surface area contributed by atoms with Gasteiger partial charge < -0.3 is 10.2 Å². The molecular weight excluding hydrogens is 240 g/mol. The van der Waals surface area contributed by atoms with Gasteiger partial charge in [-0.25, -0.2) is 13.1 Å². The van der Waals surface area contributed by atoms with Gasteiger partial charge in [0.05, 0.1) is 6.54 Å². The zero-order valence-electron chi connectivity index (χ0n) is 10.5. The fourth-order valence-corrected chi connectivity index (χ4v) is 2.70. The monoisotopic (exact) mass is 260 g/mol. The summed E-state index contributed by atoms with van der Waals surface area (Å²) >= 11 is 0. The van der Waals surface area contributed by atoms with Crippen LogP contribution in [0.2, 0.25) is 0 Å². The van der Waals surface area contributed by atoms with Gasteiger partial charge in [-0.15, -0.1) is 0 Å². The molecule has 5 nitrogen and oxygen atoms in total. The fraction of sp³-hybridized carbons (Fsp3) is 0.636. The zero-order valence-corrected chi connectivity index (χ0v) is 11.3. The molecule has 0 aliphatic heterocycles. The Kier molecular flexibility index (Phi) is 4.73. The lowest BCUT2D eigenvalue weighted by atomic mass is 10.1. The largest absolute Gasteiger partial charge is 0.464 e. The van der Waals surface area contributed by atoms with E-state index in [1.165, 1.54) is 6.07 Å². The minimum absolute atomic E-state index is 0.182. The van der Waals surface area contributed by atoms with Crippen molar-refractivity contribution in [2.24, 2.45) is 11.7 Å². The lowest BCUT2D eigenvalue weighted by Crippen LogP contribution is -2.25. The van der Waals surface area contributed by atoms with E-state index in [2.05, 4.69) is 4.72 Å². The molecule has 98 valence electrons. The molecule has 0 saturated heterocycles. The van der Waals surface area contributed by atoms with Crippen LogP contribution >= 0.6 is 0 Å². The molecule has 0 fully saturated rings. The Hall–Kier alpha value is -0.850. The SMILES string of the molecule is Cc1oc(CN)cc1S(=O)(=O)NCCC(C)C. The van der Waals surface area contributed by atoms with E-state index in [-0.39, 0.29) is 11.4 Å². The molecule has 17 heavy (non-hydrogen) atoms. The first kappa shape index (κ1) is 14.2. The van der Waals surface area contributed by atoms with Crippen molar-refractivity contribution < 1.29 is 12.8 Å². The van der Waals surface area contributed by atoms with Crippen molar-refractivity contribution in [2.45, 2.75) is 38.6 Å². The van der Waals surface area contributed by atoms with Crippen molar-refractivity contribution in [3.63, 3.8) is 0 Å². The summed E-state index contributed by atoms with van der Waals surface area (Å²) in [6.45, 7) is 6.34. The second kappa shape index (κ2) is 5.66. The summed E-state index contributed by atoms with van der Waals surface area (Å²) in [7, 11) is -3.48. The minimum atomic E-state index is -3.48. The van der Waals surface area contributed by atoms with Crippen molar-refractivity contribution in [1.29, 1.82) is 0 Å². The number of sulfonamides is 1. The highest BCUT2D eigenvalue weighted by molar-refractivity contribution is 7.89. The van der Waals surface area contributed by atoms with E-state index in [1.807, 2.05) is 13.8 Å². The van der Waals surface area contributed by atoms with Gasteiger partial charge in [-0.3, -0.25) is 0 Å². The molecule has 0 bridgehead atoms. The Morgan fingerprint density at radius 3 is 2.59 bits per heavy atom. The molecule has 3 N–H and O–H groups in total. The van der Waals surface area contributed by atoms with Crippen molar-refractivity contribution in [1.82, 2.24) is 4.72 Å². The Morgan fingerprint density at radius 2 is 2.12 bits per heavy atom. The normalized spacial score (nSPS) is 12.3. The standard InChI is InChI=1S/C11H20N2O3S/c1-8(2)4-5-13-17(14,15)11-6-10(7-12)16-9(11)3/h6,8,13H,4-5,7,12H2,1-3H3. The zero-order chi connectivity index (χ0) is 13.1. The third-order valence-corrected chi connectivity index (χ3v) is 4.00. The lowest BCUT2D eigenvalue weighted by Gasteiger charge is -2.07. The fourth-order valence-electron chi connectivity index (χ4n) is 1.45. The Bertz CT molecular complexity index is 463. The molecule has 6 heteroatoms. The number of furan rings is 1. The van der Waals surface area contributed by atoms with Crippen LogP contribution in [0.1, 0.15) is 31.8 Å². The predicted molar refractivity (Wildman–Crippen MR) is 66.0 cm³/mol. The maximum Gasteiger partial charge on any atom is 0.244 e. The van der Waals surface area contributed by atoms with Crippen LogP contribution in [0.4, 0.5) is 0 Å². The molecule has 0 aromatic carbocycles. The summed E-state index contributed by atoms with van der Waals surface area (Å²) in [4.78, 5) is 0.182. The smallest absolute Gasteiger partial charge is 0.244 e. The molecule has 0 atom stereocenters. The molecule has 0 unspecified atom stereocenters. The van der Waals surface area contributed by atoms with Gasteiger partial charge in [0, 0.05) is 12.6 Å². The van der Waals surface area contributed by atoms with Gasteiger partial charge in [0.25, 0.3) is 0 Å². The van der Waals surface area contributed by atoms with Gasteiger partial charge in [0.2, 0.25) is 10.0 Å². The highest BCUT2D eigenvalue weighted by atomic mass is 32.2. The summed E-state index contributed by atoms with van der Waals surface area (Å²) in [5, 5.41) is 0. The average Bonchev–Trinajstić information content (AvgIpc) is 2.59. The van der Waals surface area contributed by atoms with E-state index < -0.39 is 10.0 Å². The number of aryl methyl sites for hydroxylation is 1. The van der Waals surface area contributed by atoms with Gasteiger partial charge >= 0.3 is 0 Å². The summed E-state index contributed by atoms with van der Waals surface area (Å²) in [6, 6.07) is 1.48. The molecule has 1 heterocycles. The first-order valence-electron chi connectivity index (χ1n) is 5.66. The molecule has 1 aromatic rings. The van der Waals surface area contributed by atoms with Crippen LogP contribution in [-0.4, -0.2) is 15.0 Å². The number of nitrogens with two attached hydrogens (primary N) is 1. The highest BCUT2D eigenvalue weighted by Crippen LogP contribution is 2.19. The van der Waals surface area contributed by atoms with Crippen molar-refractivity contribution in [3.05, 3.63) is 17.6 Å². The number of nitrogens with one attached hydrogen (secondary N) is 1. The second-order valence-electron chi connectivity index (χ2n) is 4.42. The van der Waals surface area contributed by atoms with Gasteiger partial charge in [0.1, 0.15) is 16.4 Å². The van der Waals surface area contributed by atoms with E-state index >= 15 is 0 Å². The Labute approximate surface area is 102 Å². The van der Waals surface area contributed by atoms with Crippen LogP contribution < -0.4 is 10.5 Å². The maximum absolute atomic E-state index is 12.0. The van der Waals surface area contributed by atoms with Crippen LogP contribution in [0.15, 0.2) is 15.4 Å².